The fourth-order valence-corrected chi connectivity index (χ4v) is 2.09. The van der Waals surface area contributed by atoms with E-state index in [9.17, 15) is 4.39 Å². The van der Waals surface area contributed by atoms with Crippen molar-refractivity contribution in [1.29, 1.82) is 0 Å². The van der Waals surface area contributed by atoms with Gasteiger partial charge in [0.2, 0.25) is 0 Å². The molecule has 0 aromatic heterocycles. The normalized spacial score (nSPS) is 14.1. The molecule has 0 heterocycles. The Labute approximate surface area is 111 Å². The van der Waals surface area contributed by atoms with E-state index in [1.807, 2.05) is 13.0 Å². The number of benzene rings is 1. The quantitative estimate of drug-likeness (QED) is 0.809. The number of hydrogen-bond donors (Lipinski definition) is 1. The molecule has 2 unspecified atom stereocenters. The van der Waals surface area contributed by atoms with Gasteiger partial charge < -0.3 is 5.32 Å². The van der Waals surface area contributed by atoms with Gasteiger partial charge in [0.15, 0.2) is 0 Å². The highest BCUT2D eigenvalue weighted by atomic mass is 79.9. The summed E-state index contributed by atoms with van der Waals surface area (Å²) in [5, 5.41) is 3.35. The van der Waals surface area contributed by atoms with E-state index in [0.29, 0.717) is 12.0 Å². The molecule has 0 saturated heterocycles. The van der Waals surface area contributed by atoms with Gasteiger partial charge in [0.1, 0.15) is 5.82 Å². The molecule has 0 aliphatic heterocycles. The fourth-order valence-electron chi connectivity index (χ4n) is 1.76. The molecule has 0 saturated carbocycles. The Morgan fingerprint density at radius 1 is 1.53 bits per heavy atom. The van der Waals surface area contributed by atoms with E-state index in [1.165, 1.54) is 6.07 Å². The lowest BCUT2D eigenvalue weighted by Crippen LogP contribution is -2.31. The summed E-state index contributed by atoms with van der Waals surface area (Å²) in [6.07, 6.45) is 6.90. The number of terminal acetylenes is 1. The van der Waals surface area contributed by atoms with Gasteiger partial charge in [-0.3, -0.25) is 0 Å². The highest BCUT2D eigenvalue weighted by molar-refractivity contribution is 9.10. The zero-order valence-electron chi connectivity index (χ0n) is 10.1. The van der Waals surface area contributed by atoms with Crippen LogP contribution in [0.3, 0.4) is 0 Å². The molecule has 17 heavy (non-hydrogen) atoms. The Balaban J connectivity index is 2.75. The Morgan fingerprint density at radius 3 is 2.76 bits per heavy atom. The third-order valence-corrected chi connectivity index (χ3v) is 3.27. The predicted octanol–water partition coefficient (Wildman–Crippen LogP) is 4.04. The first-order valence-electron chi connectivity index (χ1n) is 5.73. The van der Waals surface area contributed by atoms with Crippen molar-refractivity contribution in [2.45, 2.75) is 38.8 Å². The largest absolute Gasteiger partial charge is 0.306 e. The van der Waals surface area contributed by atoms with E-state index in [1.54, 1.807) is 6.07 Å². The fraction of sp³-hybridized carbons (Fsp3) is 0.429. The minimum Gasteiger partial charge on any atom is -0.306 e. The maximum absolute atomic E-state index is 13.7. The highest BCUT2D eigenvalue weighted by Crippen LogP contribution is 2.21. The summed E-state index contributed by atoms with van der Waals surface area (Å²) < 4.78 is 14.5. The van der Waals surface area contributed by atoms with Crippen LogP contribution < -0.4 is 5.32 Å². The summed E-state index contributed by atoms with van der Waals surface area (Å²) in [4.78, 5) is 0. The summed E-state index contributed by atoms with van der Waals surface area (Å²) in [6, 6.07) is 5.31. The minimum atomic E-state index is -0.199. The second-order valence-electron chi connectivity index (χ2n) is 4.07. The van der Waals surface area contributed by atoms with Crippen molar-refractivity contribution in [3.63, 3.8) is 0 Å². The predicted molar refractivity (Wildman–Crippen MR) is 73.2 cm³/mol. The van der Waals surface area contributed by atoms with Crippen LogP contribution in [-0.2, 0) is 0 Å². The SMILES string of the molecule is C#CCC(CC)NC(C)c1ccc(Br)cc1F. The van der Waals surface area contributed by atoms with Crippen molar-refractivity contribution in [2.24, 2.45) is 0 Å². The third-order valence-electron chi connectivity index (χ3n) is 2.77. The van der Waals surface area contributed by atoms with Gasteiger partial charge in [-0.25, -0.2) is 4.39 Å². The van der Waals surface area contributed by atoms with Gasteiger partial charge in [-0.15, -0.1) is 12.3 Å². The van der Waals surface area contributed by atoms with Gasteiger partial charge in [0.25, 0.3) is 0 Å². The summed E-state index contributed by atoms with van der Waals surface area (Å²) >= 11 is 3.25. The van der Waals surface area contributed by atoms with Gasteiger partial charge in [0.05, 0.1) is 0 Å². The molecule has 3 heteroatoms. The summed E-state index contributed by atoms with van der Waals surface area (Å²) in [5.41, 5.74) is 0.670. The van der Waals surface area contributed by atoms with Crippen LogP contribution in [0.2, 0.25) is 0 Å². The Morgan fingerprint density at radius 2 is 2.24 bits per heavy atom. The number of nitrogens with one attached hydrogen (secondary N) is 1. The molecule has 1 aromatic carbocycles. The van der Waals surface area contributed by atoms with Crippen LogP contribution in [0.1, 0.15) is 38.3 Å². The molecule has 0 fully saturated rings. The van der Waals surface area contributed by atoms with Gasteiger partial charge in [0, 0.05) is 28.5 Å². The molecule has 0 aliphatic carbocycles. The standard InChI is InChI=1S/C14H17BrFN/c1-4-6-12(5-2)17-10(3)13-8-7-11(15)9-14(13)16/h1,7-10,12,17H,5-6H2,2-3H3. The molecule has 0 radical (unpaired) electrons. The third kappa shape index (κ3) is 4.14. The van der Waals surface area contributed by atoms with E-state index in [4.69, 9.17) is 6.42 Å². The van der Waals surface area contributed by atoms with E-state index in [0.717, 1.165) is 10.9 Å². The van der Waals surface area contributed by atoms with Crippen LogP contribution in [0.25, 0.3) is 0 Å². The lowest BCUT2D eigenvalue weighted by atomic mass is 10.0. The lowest BCUT2D eigenvalue weighted by molar-refractivity contribution is 0.437. The lowest BCUT2D eigenvalue weighted by Gasteiger charge is -2.21. The van der Waals surface area contributed by atoms with Gasteiger partial charge in [-0.05, 0) is 25.5 Å². The van der Waals surface area contributed by atoms with Crippen LogP contribution in [0.4, 0.5) is 4.39 Å². The molecule has 0 spiro atoms. The van der Waals surface area contributed by atoms with Crippen LogP contribution in [0, 0.1) is 18.2 Å². The molecule has 0 amide bonds. The number of hydrogen-bond acceptors (Lipinski definition) is 1. The van der Waals surface area contributed by atoms with E-state index >= 15 is 0 Å². The topological polar surface area (TPSA) is 12.0 Å². The van der Waals surface area contributed by atoms with Crippen LogP contribution >= 0.6 is 15.9 Å². The first kappa shape index (κ1) is 14.2. The molecule has 2 atom stereocenters. The zero-order valence-corrected chi connectivity index (χ0v) is 11.7. The van der Waals surface area contributed by atoms with Crippen molar-refractivity contribution >= 4 is 15.9 Å². The average molecular weight is 298 g/mol. The first-order chi connectivity index (χ1) is 8.08. The van der Waals surface area contributed by atoms with Crippen molar-refractivity contribution < 1.29 is 4.39 Å². The number of halogens is 2. The van der Waals surface area contributed by atoms with Crippen LogP contribution in [0.5, 0.6) is 0 Å². The molecule has 92 valence electrons. The molecule has 1 rings (SSSR count). The first-order valence-corrected chi connectivity index (χ1v) is 6.52. The molecule has 1 nitrogen and oxygen atoms in total. The molecule has 1 N–H and O–H groups in total. The molecular formula is C14H17BrFN. The van der Waals surface area contributed by atoms with E-state index < -0.39 is 0 Å². The molecule has 0 bridgehead atoms. The maximum Gasteiger partial charge on any atom is 0.129 e. The van der Waals surface area contributed by atoms with Crippen LogP contribution in [0.15, 0.2) is 22.7 Å². The van der Waals surface area contributed by atoms with Gasteiger partial charge >= 0.3 is 0 Å². The smallest absolute Gasteiger partial charge is 0.129 e. The van der Waals surface area contributed by atoms with E-state index in [2.05, 4.69) is 34.1 Å². The van der Waals surface area contributed by atoms with Crippen molar-refractivity contribution in [1.82, 2.24) is 5.32 Å². The number of rotatable bonds is 5. The van der Waals surface area contributed by atoms with E-state index in [-0.39, 0.29) is 17.9 Å². The minimum absolute atomic E-state index is 0.0404. The van der Waals surface area contributed by atoms with Crippen molar-refractivity contribution in [3.05, 3.63) is 34.1 Å². The molecule has 0 aliphatic rings. The zero-order chi connectivity index (χ0) is 12.8. The monoisotopic (exact) mass is 297 g/mol. The second-order valence-corrected chi connectivity index (χ2v) is 4.98. The van der Waals surface area contributed by atoms with Crippen molar-refractivity contribution in [3.8, 4) is 12.3 Å². The maximum atomic E-state index is 13.7. The summed E-state index contributed by atoms with van der Waals surface area (Å²) in [5.74, 6) is 2.44. The Bertz CT molecular complexity index is 411. The van der Waals surface area contributed by atoms with Gasteiger partial charge in [-0.2, -0.15) is 0 Å². The molecular weight excluding hydrogens is 281 g/mol. The van der Waals surface area contributed by atoms with Gasteiger partial charge in [-0.1, -0.05) is 28.9 Å². The molecule has 1 aromatic rings. The van der Waals surface area contributed by atoms with Crippen molar-refractivity contribution in [2.75, 3.05) is 0 Å². The summed E-state index contributed by atoms with van der Waals surface area (Å²) in [7, 11) is 0. The second kappa shape index (κ2) is 6.78. The Kier molecular flexibility index (Phi) is 5.67. The summed E-state index contributed by atoms with van der Waals surface area (Å²) in [6.45, 7) is 4.02. The van der Waals surface area contributed by atoms with Crippen LogP contribution in [-0.4, -0.2) is 6.04 Å². The Hall–Kier alpha value is -0.850. The highest BCUT2D eigenvalue weighted by Gasteiger charge is 2.14. The average Bonchev–Trinajstić information content (AvgIpc) is 2.28.